The molecule has 180 valence electrons. The summed E-state index contributed by atoms with van der Waals surface area (Å²) in [5, 5.41) is 12.0. The lowest BCUT2D eigenvalue weighted by Crippen LogP contribution is -2.06. The lowest BCUT2D eigenvalue weighted by atomic mass is 10.0. The largest absolute Gasteiger partial charge is 0.495 e. The molecule has 0 bridgehead atoms. The van der Waals surface area contributed by atoms with Gasteiger partial charge in [-0.15, -0.1) is 0 Å². The molecule has 0 saturated heterocycles. The summed E-state index contributed by atoms with van der Waals surface area (Å²) in [6.45, 7) is 2.27. The second-order valence-electron chi connectivity index (χ2n) is 7.75. The van der Waals surface area contributed by atoms with Gasteiger partial charge >= 0.3 is 12.1 Å². The van der Waals surface area contributed by atoms with Gasteiger partial charge in [-0.3, -0.25) is 4.79 Å². The van der Waals surface area contributed by atoms with E-state index in [9.17, 15) is 22.4 Å². The number of aryl methyl sites for hydroxylation is 1. The maximum Gasteiger partial charge on any atom is 0.437 e. The monoisotopic (exact) mass is 471 g/mol. The van der Waals surface area contributed by atoms with Crippen LogP contribution in [0, 0.1) is 0 Å². The molecule has 0 spiro atoms. The SMILES string of the molecule is CCCc1c(OCCCOC2=C(F)C=C(CC(=O)O)CCC2)ccc2c(C(F)(F)F)noc12. The van der Waals surface area contributed by atoms with E-state index in [0.717, 1.165) is 0 Å². The van der Waals surface area contributed by atoms with Crippen molar-refractivity contribution < 1.29 is 41.5 Å². The Balaban J connectivity index is 1.60. The molecule has 1 aromatic heterocycles. The average molecular weight is 471 g/mol. The van der Waals surface area contributed by atoms with Crippen molar-refractivity contribution in [2.45, 2.75) is 58.0 Å². The molecule has 1 aliphatic rings. The van der Waals surface area contributed by atoms with Crippen LogP contribution >= 0.6 is 0 Å². The fourth-order valence-corrected chi connectivity index (χ4v) is 3.71. The van der Waals surface area contributed by atoms with E-state index in [1.165, 1.54) is 18.2 Å². The third-order valence-corrected chi connectivity index (χ3v) is 5.17. The van der Waals surface area contributed by atoms with E-state index in [2.05, 4.69) is 5.16 Å². The summed E-state index contributed by atoms with van der Waals surface area (Å²) in [6.07, 6.45) is -0.580. The molecule has 0 fully saturated rings. The van der Waals surface area contributed by atoms with Gasteiger partial charge in [0.05, 0.1) is 25.0 Å². The van der Waals surface area contributed by atoms with E-state index >= 15 is 0 Å². The number of aliphatic carboxylic acids is 1. The van der Waals surface area contributed by atoms with Crippen LogP contribution < -0.4 is 4.74 Å². The van der Waals surface area contributed by atoms with Crippen molar-refractivity contribution in [2.24, 2.45) is 0 Å². The smallest absolute Gasteiger partial charge is 0.437 e. The Bertz CT molecular complexity index is 1060. The Morgan fingerprint density at radius 2 is 1.97 bits per heavy atom. The topological polar surface area (TPSA) is 81.8 Å². The van der Waals surface area contributed by atoms with Crippen molar-refractivity contribution in [3.8, 4) is 5.75 Å². The fourth-order valence-electron chi connectivity index (χ4n) is 3.71. The van der Waals surface area contributed by atoms with Gasteiger partial charge in [-0.2, -0.15) is 13.2 Å². The van der Waals surface area contributed by atoms with Crippen molar-refractivity contribution in [3.05, 3.63) is 46.6 Å². The van der Waals surface area contributed by atoms with Gasteiger partial charge in [0.1, 0.15) is 11.5 Å². The van der Waals surface area contributed by atoms with E-state index in [4.69, 9.17) is 19.1 Å². The van der Waals surface area contributed by atoms with Crippen LogP contribution in [0.15, 0.2) is 39.9 Å². The minimum absolute atomic E-state index is 0.0626. The molecule has 10 heteroatoms. The molecular weight excluding hydrogens is 446 g/mol. The summed E-state index contributed by atoms with van der Waals surface area (Å²) in [4.78, 5) is 10.8. The molecule has 0 radical (unpaired) electrons. The van der Waals surface area contributed by atoms with Crippen LogP contribution in [-0.2, 0) is 22.1 Å². The third-order valence-electron chi connectivity index (χ3n) is 5.17. The van der Waals surface area contributed by atoms with Crippen LogP contribution in [0.3, 0.4) is 0 Å². The molecule has 0 unspecified atom stereocenters. The van der Waals surface area contributed by atoms with E-state index < -0.39 is 23.7 Å². The van der Waals surface area contributed by atoms with Crippen molar-refractivity contribution in [1.82, 2.24) is 5.16 Å². The van der Waals surface area contributed by atoms with Crippen molar-refractivity contribution in [1.29, 1.82) is 0 Å². The molecular formula is C23H25F4NO5. The summed E-state index contributed by atoms with van der Waals surface area (Å²) in [6, 6.07) is 2.76. The summed E-state index contributed by atoms with van der Waals surface area (Å²) in [5.74, 6) is -0.970. The van der Waals surface area contributed by atoms with Crippen LogP contribution in [0.4, 0.5) is 17.6 Å². The third kappa shape index (κ3) is 6.27. The number of carboxylic acid groups (broad SMARTS) is 1. The highest BCUT2D eigenvalue weighted by atomic mass is 19.4. The van der Waals surface area contributed by atoms with Crippen molar-refractivity contribution in [3.63, 3.8) is 0 Å². The van der Waals surface area contributed by atoms with Crippen molar-refractivity contribution in [2.75, 3.05) is 13.2 Å². The maximum atomic E-state index is 14.3. The molecule has 2 aromatic rings. The Morgan fingerprint density at radius 1 is 1.21 bits per heavy atom. The minimum atomic E-state index is -4.61. The number of hydrogen-bond donors (Lipinski definition) is 1. The number of ether oxygens (including phenoxy) is 2. The number of carbonyl (C=O) groups is 1. The van der Waals surface area contributed by atoms with Gasteiger partial charge < -0.3 is 19.1 Å². The molecule has 1 aromatic carbocycles. The molecule has 0 amide bonds. The fraction of sp³-hybridized carbons (Fsp3) is 0.478. The van der Waals surface area contributed by atoms with E-state index in [0.29, 0.717) is 55.4 Å². The second-order valence-corrected chi connectivity index (χ2v) is 7.75. The van der Waals surface area contributed by atoms with E-state index in [1.807, 2.05) is 6.92 Å². The molecule has 0 aliphatic heterocycles. The maximum absolute atomic E-state index is 14.3. The van der Waals surface area contributed by atoms with Crippen LogP contribution in [0.2, 0.25) is 0 Å². The van der Waals surface area contributed by atoms with Gasteiger partial charge in [-0.25, -0.2) is 4.39 Å². The average Bonchev–Trinajstić information content (AvgIpc) is 3.10. The first-order chi connectivity index (χ1) is 15.7. The zero-order valence-corrected chi connectivity index (χ0v) is 18.1. The zero-order chi connectivity index (χ0) is 24.0. The second kappa shape index (κ2) is 10.7. The normalized spacial score (nSPS) is 14.9. The zero-order valence-electron chi connectivity index (χ0n) is 18.1. The highest BCUT2D eigenvalue weighted by molar-refractivity contribution is 5.85. The summed E-state index contributed by atoms with van der Waals surface area (Å²) in [5.41, 5.74) is 0.0380. The van der Waals surface area contributed by atoms with Crippen LogP contribution in [-0.4, -0.2) is 29.4 Å². The molecule has 0 atom stereocenters. The number of halogens is 4. The van der Waals surface area contributed by atoms with Crippen LogP contribution in [0.25, 0.3) is 11.0 Å². The number of benzene rings is 1. The number of alkyl halides is 3. The quantitative estimate of drug-likeness (QED) is 0.321. The minimum Gasteiger partial charge on any atom is -0.495 e. The Kier molecular flexibility index (Phi) is 7.99. The number of carboxylic acids is 1. The Morgan fingerprint density at radius 3 is 2.67 bits per heavy atom. The van der Waals surface area contributed by atoms with E-state index in [1.54, 1.807) is 0 Å². The number of fused-ring (bicyclic) bond motifs is 1. The highest BCUT2D eigenvalue weighted by Gasteiger charge is 2.37. The van der Waals surface area contributed by atoms with Crippen LogP contribution in [0.1, 0.15) is 56.7 Å². The van der Waals surface area contributed by atoms with Gasteiger partial charge in [0.15, 0.2) is 17.1 Å². The van der Waals surface area contributed by atoms with Gasteiger partial charge in [-0.1, -0.05) is 24.1 Å². The Hall–Kier alpha value is -3.04. The predicted octanol–water partition coefficient (Wildman–Crippen LogP) is 6.35. The highest BCUT2D eigenvalue weighted by Crippen LogP contribution is 2.38. The van der Waals surface area contributed by atoms with Gasteiger partial charge in [0.25, 0.3) is 0 Å². The molecule has 6 nitrogen and oxygen atoms in total. The van der Waals surface area contributed by atoms with Crippen LogP contribution in [0.5, 0.6) is 5.75 Å². The van der Waals surface area contributed by atoms with Gasteiger partial charge in [0, 0.05) is 18.4 Å². The van der Waals surface area contributed by atoms with E-state index in [-0.39, 0.29) is 36.4 Å². The first kappa shape index (κ1) is 24.6. The first-order valence-electron chi connectivity index (χ1n) is 10.7. The van der Waals surface area contributed by atoms with Gasteiger partial charge in [0.2, 0.25) is 0 Å². The standard InChI is InChI=1S/C23H25F4NO5/c1-2-5-15-18(9-8-16-21(15)33-28-22(16)23(25,26)27)31-10-4-11-32-19-7-3-6-14(12-17(19)24)13-20(29)30/h8-9,12H,2-7,10-11,13H2,1H3,(H,29,30). The van der Waals surface area contributed by atoms with Gasteiger partial charge in [-0.05, 0) is 37.5 Å². The first-order valence-corrected chi connectivity index (χ1v) is 10.7. The number of nitrogens with zero attached hydrogens (tertiary/aromatic N) is 1. The number of rotatable bonds is 10. The summed E-state index contributed by atoms with van der Waals surface area (Å²) >= 11 is 0. The molecule has 33 heavy (non-hydrogen) atoms. The summed E-state index contributed by atoms with van der Waals surface area (Å²) in [7, 11) is 0. The number of hydrogen-bond acceptors (Lipinski definition) is 5. The molecule has 1 heterocycles. The lowest BCUT2D eigenvalue weighted by molar-refractivity contribution is -0.141. The number of aromatic nitrogens is 1. The molecule has 3 rings (SSSR count). The predicted molar refractivity (Wildman–Crippen MR) is 111 cm³/mol. The molecule has 1 N–H and O–H groups in total. The molecule has 1 aliphatic carbocycles. The number of allylic oxidation sites excluding steroid dienone is 3. The lowest BCUT2D eigenvalue weighted by Gasteiger charge is -2.13. The molecule has 0 saturated carbocycles. The van der Waals surface area contributed by atoms with Crippen molar-refractivity contribution >= 4 is 16.9 Å². The summed E-state index contributed by atoms with van der Waals surface area (Å²) < 4.78 is 69.9. The Labute approximate surface area is 187 Å².